The molecule has 0 unspecified atom stereocenters. The number of hydrogen-bond acceptors (Lipinski definition) is 2. The van der Waals surface area contributed by atoms with Gasteiger partial charge in [-0.05, 0) is 43.2 Å². The summed E-state index contributed by atoms with van der Waals surface area (Å²) < 4.78 is 0. The number of nitrogens with zero attached hydrogens (tertiary/aromatic N) is 1. The first-order valence-electron chi connectivity index (χ1n) is 7.17. The molecule has 1 saturated carbocycles. The monoisotopic (exact) mass is 246 g/mol. The molecule has 1 fully saturated rings. The van der Waals surface area contributed by atoms with Crippen LogP contribution in [0.5, 0.6) is 0 Å². The minimum Gasteiger partial charge on any atom is -0.371 e. The van der Waals surface area contributed by atoms with Crippen LogP contribution in [0.1, 0.15) is 51.0 Å². The van der Waals surface area contributed by atoms with E-state index >= 15 is 0 Å². The highest BCUT2D eigenvalue weighted by Crippen LogP contribution is 2.31. The van der Waals surface area contributed by atoms with Gasteiger partial charge in [-0.15, -0.1) is 0 Å². The standard InChI is InChI=1S/C16H26N2/c1-12(2)15-6-4-5-7-16(15)18(3)14-10-8-13(17)9-11-14/h4-7,12-14H,8-11,17H2,1-3H3. The third-order valence-corrected chi connectivity index (χ3v) is 4.23. The molecule has 0 saturated heterocycles. The van der Waals surface area contributed by atoms with Gasteiger partial charge in [0.05, 0.1) is 0 Å². The average molecular weight is 246 g/mol. The van der Waals surface area contributed by atoms with Crippen molar-refractivity contribution in [1.82, 2.24) is 0 Å². The Labute approximate surface area is 111 Å². The van der Waals surface area contributed by atoms with Gasteiger partial charge in [0.15, 0.2) is 0 Å². The molecule has 0 heterocycles. The van der Waals surface area contributed by atoms with E-state index < -0.39 is 0 Å². The first-order valence-corrected chi connectivity index (χ1v) is 7.17. The molecule has 0 aromatic heterocycles. The second kappa shape index (κ2) is 5.75. The van der Waals surface area contributed by atoms with Gasteiger partial charge in [0, 0.05) is 24.8 Å². The van der Waals surface area contributed by atoms with Gasteiger partial charge < -0.3 is 10.6 Å². The molecule has 0 radical (unpaired) electrons. The van der Waals surface area contributed by atoms with Crippen molar-refractivity contribution >= 4 is 5.69 Å². The van der Waals surface area contributed by atoms with Crippen molar-refractivity contribution in [2.24, 2.45) is 5.73 Å². The Hall–Kier alpha value is -1.02. The number of anilines is 1. The van der Waals surface area contributed by atoms with E-state index in [0.717, 1.165) is 0 Å². The second-order valence-electron chi connectivity index (χ2n) is 5.89. The van der Waals surface area contributed by atoms with E-state index in [-0.39, 0.29) is 0 Å². The van der Waals surface area contributed by atoms with Gasteiger partial charge in [-0.1, -0.05) is 32.0 Å². The molecule has 0 atom stereocenters. The van der Waals surface area contributed by atoms with E-state index in [4.69, 9.17) is 5.73 Å². The van der Waals surface area contributed by atoms with Crippen LogP contribution in [0, 0.1) is 0 Å². The van der Waals surface area contributed by atoms with Gasteiger partial charge >= 0.3 is 0 Å². The third kappa shape index (κ3) is 2.86. The fourth-order valence-electron chi connectivity index (χ4n) is 2.98. The number of hydrogen-bond donors (Lipinski definition) is 1. The first kappa shape index (κ1) is 13.4. The highest BCUT2D eigenvalue weighted by molar-refractivity contribution is 5.55. The van der Waals surface area contributed by atoms with Gasteiger partial charge in [-0.25, -0.2) is 0 Å². The van der Waals surface area contributed by atoms with Crippen LogP contribution in [0.25, 0.3) is 0 Å². The molecule has 1 aromatic rings. The van der Waals surface area contributed by atoms with Crippen LogP contribution in [0.4, 0.5) is 5.69 Å². The Kier molecular flexibility index (Phi) is 4.28. The lowest BCUT2D eigenvalue weighted by Gasteiger charge is -2.36. The highest BCUT2D eigenvalue weighted by atomic mass is 15.1. The molecular weight excluding hydrogens is 220 g/mol. The van der Waals surface area contributed by atoms with Gasteiger partial charge in [0.25, 0.3) is 0 Å². The Balaban J connectivity index is 2.15. The number of benzene rings is 1. The van der Waals surface area contributed by atoms with Crippen LogP contribution in [0.15, 0.2) is 24.3 Å². The van der Waals surface area contributed by atoms with E-state index in [0.29, 0.717) is 18.0 Å². The molecule has 2 N–H and O–H groups in total. The second-order valence-corrected chi connectivity index (χ2v) is 5.89. The molecule has 0 aliphatic heterocycles. The Morgan fingerprint density at radius 1 is 1.11 bits per heavy atom. The van der Waals surface area contributed by atoms with Crippen LogP contribution >= 0.6 is 0 Å². The zero-order valence-electron chi connectivity index (χ0n) is 11.9. The maximum atomic E-state index is 6.00. The molecule has 0 bridgehead atoms. The smallest absolute Gasteiger partial charge is 0.0401 e. The largest absolute Gasteiger partial charge is 0.371 e. The van der Waals surface area contributed by atoms with Crippen molar-refractivity contribution in [1.29, 1.82) is 0 Å². The van der Waals surface area contributed by atoms with E-state index in [1.165, 1.54) is 36.9 Å². The van der Waals surface area contributed by atoms with Gasteiger partial charge in [-0.2, -0.15) is 0 Å². The quantitative estimate of drug-likeness (QED) is 0.884. The van der Waals surface area contributed by atoms with Crippen LogP contribution < -0.4 is 10.6 Å². The molecule has 0 amide bonds. The van der Waals surface area contributed by atoms with Gasteiger partial charge in [-0.3, -0.25) is 0 Å². The predicted octanol–water partition coefficient (Wildman–Crippen LogP) is 3.52. The fraction of sp³-hybridized carbons (Fsp3) is 0.625. The van der Waals surface area contributed by atoms with Crippen LogP contribution in [-0.4, -0.2) is 19.1 Å². The van der Waals surface area contributed by atoms with Gasteiger partial charge in [0.1, 0.15) is 0 Å². The minimum atomic E-state index is 0.426. The summed E-state index contributed by atoms with van der Waals surface area (Å²) in [6.07, 6.45) is 4.78. The summed E-state index contributed by atoms with van der Waals surface area (Å²) in [7, 11) is 2.24. The van der Waals surface area contributed by atoms with Crippen molar-refractivity contribution in [3.05, 3.63) is 29.8 Å². The van der Waals surface area contributed by atoms with Crippen LogP contribution in [0.2, 0.25) is 0 Å². The Bertz CT molecular complexity index is 378. The van der Waals surface area contributed by atoms with Crippen molar-refractivity contribution < 1.29 is 0 Å². The summed E-state index contributed by atoms with van der Waals surface area (Å²) in [5, 5.41) is 0. The molecule has 2 rings (SSSR count). The molecule has 1 aromatic carbocycles. The summed E-state index contributed by atoms with van der Waals surface area (Å²) >= 11 is 0. The number of nitrogens with two attached hydrogens (primary N) is 1. The van der Waals surface area contributed by atoms with Gasteiger partial charge in [0.2, 0.25) is 0 Å². The fourth-order valence-corrected chi connectivity index (χ4v) is 2.98. The topological polar surface area (TPSA) is 29.3 Å². The third-order valence-electron chi connectivity index (χ3n) is 4.23. The minimum absolute atomic E-state index is 0.426. The molecule has 2 heteroatoms. The normalized spacial score (nSPS) is 24.3. The zero-order valence-corrected chi connectivity index (χ0v) is 11.9. The van der Waals surface area contributed by atoms with Crippen molar-refractivity contribution in [3.8, 4) is 0 Å². The van der Waals surface area contributed by atoms with Crippen molar-refractivity contribution in [2.75, 3.05) is 11.9 Å². The van der Waals surface area contributed by atoms with E-state index in [1.54, 1.807) is 0 Å². The number of para-hydroxylation sites is 1. The lowest BCUT2D eigenvalue weighted by atomic mass is 9.90. The van der Waals surface area contributed by atoms with E-state index in [1.807, 2.05) is 0 Å². The molecule has 0 spiro atoms. The molecule has 2 nitrogen and oxygen atoms in total. The lowest BCUT2D eigenvalue weighted by molar-refractivity contribution is 0.384. The summed E-state index contributed by atoms with van der Waals surface area (Å²) in [6.45, 7) is 4.53. The van der Waals surface area contributed by atoms with Crippen molar-refractivity contribution in [3.63, 3.8) is 0 Å². The first-order chi connectivity index (χ1) is 8.59. The number of rotatable bonds is 3. The molecule has 18 heavy (non-hydrogen) atoms. The zero-order chi connectivity index (χ0) is 13.1. The van der Waals surface area contributed by atoms with E-state index in [2.05, 4.69) is 50.1 Å². The molecule has 1 aliphatic rings. The lowest BCUT2D eigenvalue weighted by Crippen LogP contribution is -2.39. The molecule has 100 valence electrons. The maximum Gasteiger partial charge on any atom is 0.0401 e. The Morgan fingerprint density at radius 2 is 1.72 bits per heavy atom. The Morgan fingerprint density at radius 3 is 2.33 bits per heavy atom. The predicted molar refractivity (Wildman–Crippen MR) is 79.2 cm³/mol. The molecule has 1 aliphatic carbocycles. The summed E-state index contributed by atoms with van der Waals surface area (Å²) in [5.41, 5.74) is 8.85. The summed E-state index contributed by atoms with van der Waals surface area (Å²) in [5.74, 6) is 0.578. The van der Waals surface area contributed by atoms with Crippen LogP contribution in [0.3, 0.4) is 0 Å². The maximum absolute atomic E-state index is 6.00. The summed E-state index contributed by atoms with van der Waals surface area (Å²) in [4.78, 5) is 2.47. The van der Waals surface area contributed by atoms with Crippen LogP contribution in [-0.2, 0) is 0 Å². The van der Waals surface area contributed by atoms with E-state index in [9.17, 15) is 0 Å². The van der Waals surface area contributed by atoms with Crippen molar-refractivity contribution in [2.45, 2.75) is 57.5 Å². The SMILES string of the molecule is CC(C)c1ccccc1N(C)C1CCC(N)CC1. The molecular formula is C16H26N2. The highest BCUT2D eigenvalue weighted by Gasteiger charge is 2.23. The summed E-state index contributed by atoms with van der Waals surface area (Å²) in [6, 6.07) is 9.88. The average Bonchev–Trinajstić information content (AvgIpc) is 2.39.